The molecular weight excluding hydrogens is 398 g/mol. The Morgan fingerprint density at radius 1 is 1.10 bits per heavy atom. The predicted octanol–water partition coefficient (Wildman–Crippen LogP) is 5.09. The predicted molar refractivity (Wildman–Crippen MR) is 120 cm³/mol. The second-order valence-electron chi connectivity index (χ2n) is 7.56. The molecule has 0 radical (unpaired) electrons. The molecule has 0 spiro atoms. The summed E-state index contributed by atoms with van der Waals surface area (Å²) in [5.41, 5.74) is 2.32. The summed E-state index contributed by atoms with van der Waals surface area (Å²) in [7, 11) is 1.65. The average Bonchev–Trinajstić information content (AvgIpc) is 3.37. The molecule has 0 aliphatic heterocycles. The summed E-state index contributed by atoms with van der Waals surface area (Å²) in [6, 6.07) is 15.8. The molecule has 4 rings (SSSR count). The lowest BCUT2D eigenvalue weighted by Gasteiger charge is -2.24. The number of furan rings is 1. The van der Waals surface area contributed by atoms with Gasteiger partial charge in [-0.05, 0) is 42.3 Å². The molecule has 2 aromatic heterocycles. The molecule has 1 atom stereocenters. The summed E-state index contributed by atoms with van der Waals surface area (Å²) in [6.45, 7) is 3.04. The van der Waals surface area contributed by atoms with Crippen molar-refractivity contribution in [2.75, 3.05) is 20.3 Å². The van der Waals surface area contributed by atoms with Crippen LogP contribution >= 0.6 is 11.3 Å². The summed E-state index contributed by atoms with van der Waals surface area (Å²) in [4.78, 5) is 0. The van der Waals surface area contributed by atoms with Crippen LogP contribution in [-0.2, 0) is 6.54 Å². The van der Waals surface area contributed by atoms with Crippen LogP contribution in [0, 0.1) is 0 Å². The number of rotatable bonds is 9. The van der Waals surface area contributed by atoms with Crippen molar-refractivity contribution >= 4 is 21.4 Å². The van der Waals surface area contributed by atoms with Gasteiger partial charge in [-0.2, -0.15) is 0 Å². The molecule has 4 aromatic rings. The van der Waals surface area contributed by atoms with Gasteiger partial charge in [0.05, 0.1) is 18.1 Å². The van der Waals surface area contributed by atoms with Crippen molar-refractivity contribution in [3.05, 3.63) is 72.0 Å². The quantitative estimate of drug-likeness (QED) is 0.393. The highest BCUT2D eigenvalue weighted by molar-refractivity contribution is 7.17. The normalized spacial score (nSPS) is 13.3. The molecule has 0 aliphatic rings. The Morgan fingerprint density at radius 3 is 2.73 bits per heavy atom. The van der Waals surface area contributed by atoms with Gasteiger partial charge in [0.2, 0.25) is 0 Å². The largest absolute Gasteiger partial charge is 0.497 e. The smallest absolute Gasteiger partial charge is 0.120 e. The standard InChI is InChI=1S/C24H25NO4S/c1-24(26,15-25-11-17-6-8-19(27-2)9-7-17)16-29-20-5-3-4-18(10-20)22-14-30-23-13-28-12-21(22)23/h3-10,12-14,25-26H,11,15-16H2,1-2H3/t24-/m0/s1. The Bertz CT molecular complexity index is 1100. The van der Waals surface area contributed by atoms with E-state index < -0.39 is 5.60 Å². The molecule has 5 nitrogen and oxygen atoms in total. The number of aliphatic hydroxyl groups is 1. The van der Waals surface area contributed by atoms with Gasteiger partial charge in [0.25, 0.3) is 0 Å². The second-order valence-corrected chi connectivity index (χ2v) is 8.48. The Labute approximate surface area is 179 Å². The maximum atomic E-state index is 10.7. The molecule has 2 heterocycles. The van der Waals surface area contributed by atoms with E-state index in [1.807, 2.05) is 42.5 Å². The second kappa shape index (κ2) is 8.92. The third kappa shape index (κ3) is 4.84. The highest BCUT2D eigenvalue weighted by Crippen LogP contribution is 2.35. The number of methoxy groups -OCH3 is 1. The van der Waals surface area contributed by atoms with E-state index in [0.717, 1.165) is 38.3 Å². The van der Waals surface area contributed by atoms with Gasteiger partial charge in [0.15, 0.2) is 0 Å². The molecule has 156 valence electrons. The maximum absolute atomic E-state index is 10.7. The lowest BCUT2D eigenvalue weighted by Crippen LogP contribution is -2.42. The molecule has 0 aliphatic carbocycles. The van der Waals surface area contributed by atoms with E-state index >= 15 is 0 Å². The van der Waals surface area contributed by atoms with E-state index in [2.05, 4.69) is 16.8 Å². The summed E-state index contributed by atoms with van der Waals surface area (Å²) in [6.07, 6.45) is 3.54. The molecule has 0 saturated carbocycles. The van der Waals surface area contributed by atoms with Crippen LogP contribution in [0.4, 0.5) is 0 Å². The average molecular weight is 424 g/mol. The van der Waals surface area contributed by atoms with Crippen LogP contribution in [0.25, 0.3) is 21.2 Å². The fourth-order valence-corrected chi connectivity index (χ4v) is 4.15. The molecule has 2 aromatic carbocycles. The molecule has 0 saturated heterocycles. The van der Waals surface area contributed by atoms with Gasteiger partial charge in [0, 0.05) is 29.4 Å². The first-order valence-corrected chi connectivity index (χ1v) is 10.6. The molecule has 6 heteroatoms. The SMILES string of the molecule is COc1ccc(CNC[C@](C)(O)COc2cccc(-c3csc4cocc34)c2)cc1. The molecule has 30 heavy (non-hydrogen) atoms. The van der Waals surface area contributed by atoms with Crippen molar-refractivity contribution in [2.24, 2.45) is 0 Å². The third-order valence-electron chi connectivity index (χ3n) is 4.91. The van der Waals surface area contributed by atoms with E-state index in [0.29, 0.717) is 13.1 Å². The lowest BCUT2D eigenvalue weighted by molar-refractivity contribution is 0.0121. The number of hydrogen-bond donors (Lipinski definition) is 2. The topological polar surface area (TPSA) is 63.9 Å². The number of ether oxygens (including phenoxy) is 2. The highest BCUT2D eigenvalue weighted by atomic mass is 32.1. The first-order chi connectivity index (χ1) is 14.5. The van der Waals surface area contributed by atoms with E-state index in [-0.39, 0.29) is 6.61 Å². The van der Waals surface area contributed by atoms with Crippen LogP contribution in [0.1, 0.15) is 12.5 Å². The number of hydrogen-bond acceptors (Lipinski definition) is 6. The van der Waals surface area contributed by atoms with Crippen LogP contribution in [0.3, 0.4) is 0 Å². The fourth-order valence-electron chi connectivity index (χ4n) is 3.25. The van der Waals surface area contributed by atoms with Gasteiger partial charge in [-0.1, -0.05) is 24.3 Å². The molecule has 0 amide bonds. The zero-order valence-corrected chi connectivity index (χ0v) is 17.9. The third-order valence-corrected chi connectivity index (χ3v) is 5.83. The zero-order chi connectivity index (χ0) is 21.0. The summed E-state index contributed by atoms with van der Waals surface area (Å²) < 4.78 is 17.5. The van der Waals surface area contributed by atoms with Crippen LogP contribution in [0.2, 0.25) is 0 Å². The summed E-state index contributed by atoms with van der Waals surface area (Å²) in [5.74, 6) is 1.56. The highest BCUT2D eigenvalue weighted by Gasteiger charge is 2.21. The maximum Gasteiger partial charge on any atom is 0.120 e. The molecule has 0 bridgehead atoms. The van der Waals surface area contributed by atoms with Gasteiger partial charge in [-0.3, -0.25) is 0 Å². The van der Waals surface area contributed by atoms with Gasteiger partial charge >= 0.3 is 0 Å². The number of thiophene rings is 1. The van der Waals surface area contributed by atoms with Crippen molar-refractivity contribution in [3.63, 3.8) is 0 Å². The van der Waals surface area contributed by atoms with E-state index in [1.165, 1.54) is 0 Å². The first kappa shape index (κ1) is 20.5. The van der Waals surface area contributed by atoms with Gasteiger partial charge < -0.3 is 24.3 Å². The van der Waals surface area contributed by atoms with E-state index in [4.69, 9.17) is 13.9 Å². The van der Waals surface area contributed by atoms with Crippen molar-refractivity contribution in [2.45, 2.75) is 19.1 Å². The Morgan fingerprint density at radius 2 is 1.93 bits per heavy atom. The molecular formula is C24H25NO4S. The Hall–Kier alpha value is -2.80. The number of nitrogens with one attached hydrogen (secondary N) is 1. The number of fused-ring (bicyclic) bond motifs is 1. The van der Waals surface area contributed by atoms with Crippen LogP contribution in [0.15, 0.2) is 70.9 Å². The first-order valence-electron chi connectivity index (χ1n) is 9.77. The molecule has 0 fully saturated rings. The van der Waals surface area contributed by atoms with Crippen LogP contribution in [0.5, 0.6) is 11.5 Å². The lowest BCUT2D eigenvalue weighted by atomic mass is 10.1. The van der Waals surface area contributed by atoms with Crippen LogP contribution in [-0.4, -0.2) is 31.0 Å². The zero-order valence-electron chi connectivity index (χ0n) is 17.1. The monoisotopic (exact) mass is 423 g/mol. The fraction of sp³-hybridized carbons (Fsp3) is 0.250. The molecule has 2 N–H and O–H groups in total. The van der Waals surface area contributed by atoms with Crippen LogP contribution < -0.4 is 14.8 Å². The van der Waals surface area contributed by atoms with Crippen molar-refractivity contribution in [1.29, 1.82) is 0 Å². The van der Waals surface area contributed by atoms with E-state index in [1.54, 1.807) is 37.9 Å². The Kier molecular flexibility index (Phi) is 6.08. The summed E-state index contributed by atoms with van der Waals surface area (Å²) in [5, 5.41) is 17.2. The van der Waals surface area contributed by atoms with Gasteiger partial charge in [-0.15, -0.1) is 11.3 Å². The minimum absolute atomic E-state index is 0.191. The summed E-state index contributed by atoms with van der Waals surface area (Å²) >= 11 is 1.66. The minimum atomic E-state index is -0.997. The Balaban J connectivity index is 1.32. The number of benzene rings is 2. The van der Waals surface area contributed by atoms with Gasteiger partial charge in [-0.25, -0.2) is 0 Å². The van der Waals surface area contributed by atoms with Crippen molar-refractivity contribution < 1.29 is 19.0 Å². The van der Waals surface area contributed by atoms with Crippen molar-refractivity contribution in [1.82, 2.24) is 5.32 Å². The molecule has 0 unspecified atom stereocenters. The minimum Gasteiger partial charge on any atom is -0.497 e. The van der Waals surface area contributed by atoms with Gasteiger partial charge in [0.1, 0.15) is 30.0 Å². The van der Waals surface area contributed by atoms with E-state index in [9.17, 15) is 5.11 Å². The van der Waals surface area contributed by atoms with Crippen molar-refractivity contribution in [3.8, 4) is 22.6 Å².